The third-order valence-corrected chi connectivity index (χ3v) is 13.4. The molecule has 0 aliphatic carbocycles. The molecule has 18 heteroatoms. The standard InChI is InChI=1S/C23H30N2O7S.C23H32N2O5S/c1-3-5-9-18(4-2)16-32-22(26)14-15-33(29,30)21-13-12-20(23(24-21)25(27)28)31-17-19-10-7-6-8-11-19;1-3-5-9-18(4-2)16-30-22(26)14-15-31(27,28)21-13-12-20(23(24)25-21)29-17-19-10-7-6-8-11-19/h6-8,10-13,18H,3-5,9,14-17H2,1-2H3;6-8,10-13,18H,3-5,9,14-17H2,1-2H3,(H2,24,25). The van der Waals surface area contributed by atoms with Crippen LogP contribution in [0.15, 0.2) is 95.0 Å². The highest BCUT2D eigenvalue weighted by atomic mass is 32.2. The fraction of sp³-hybridized carbons (Fsp3) is 0.478. The van der Waals surface area contributed by atoms with E-state index in [-0.39, 0.29) is 54.3 Å². The lowest BCUT2D eigenvalue weighted by molar-refractivity contribution is -0.391. The topological polar surface area (TPSA) is 234 Å². The number of nitrogens with two attached hydrogens (primary N) is 1. The Labute approximate surface area is 377 Å². The molecule has 4 rings (SSSR count). The molecule has 0 aliphatic heterocycles. The quantitative estimate of drug-likeness (QED) is 0.0335. The van der Waals surface area contributed by atoms with Gasteiger partial charge in [-0.2, -0.15) is 0 Å². The van der Waals surface area contributed by atoms with Crippen LogP contribution in [0.2, 0.25) is 0 Å². The number of carbonyl (C=O) groups excluding carboxylic acids is 2. The highest BCUT2D eigenvalue weighted by molar-refractivity contribution is 7.91. The van der Waals surface area contributed by atoms with E-state index in [0.29, 0.717) is 24.9 Å². The van der Waals surface area contributed by atoms with Crippen molar-refractivity contribution < 1.29 is 50.3 Å². The van der Waals surface area contributed by atoms with Gasteiger partial charge in [0.15, 0.2) is 26.4 Å². The number of aromatic nitrogens is 2. The molecule has 0 spiro atoms. The second-order valence-corrected chi connectivity index (χ2v) is 19.3. The van der Waals surface area contributed by atoms with Crippen molar-refractivity contribution in [3.63, 3.8) is 0 Å². The molecule has 0 aliphatic rings. The zero-order chi connectivity index (χ0) is 47.0. The normalized spacial score (nSPS) is 12.2. The summed E-state index contributed by atoms with van der Waals surface area (Å²) in [7, 11) is -7.79. The Morgan fingerprint density at radius 1 is 0.641 bits per heavy atom. The fourth-order valence-corrected chi connectivity index (χ4v) is 8.35. The minimum atomic E-state index is -4.03. The highest BCUT2D eigenvalue weighted by Crippen LogP contribution is 2.28. The summed E-state index contributed by atoms with van der Waals surface area (Å²) in [6.07, 6.45) is 7.45. The Kier molecular flexibility index (Phi) is 22.7. The van der Waals surface area contributed by atoms with E-state index in [0.717, 1.165) is 68.6 Å². The largest absolute Gasteiger partial charge is 0.485 e. The molecule has 2 unspecified atom stereocenters. The van der Waals surface area contributed by atoms with Crippen molar-refractivity contribution in [2.45, 2.75) is 115 Å². The molecular formula is C46H62N4O12S2. The minimum Gasteiger partial charge on any atom is -0.485 e. The van der Waals surface area contributed by atoms with Crippen LogP contribution in [0.4, 0.5) is 11.6 Å². The van der Waals surface area contributed by atoms with Gasteiger partial charge in [-0.15, -0.1) is 0 Å². The first kappa shape index (κ1) is 52.7. The predicted molar refractivity (Wildman–Crippen MR) is 243 cm³/mol. The molecule has 4 aromatic rings. The number of sulfone groups is 2. The molecule has 2 atom stereocenters. The molecule has 0 amide bonds. The van der Waals surface area contributed by atoms with Crippen LogP contribution in [0, 0.1) is 22.0 Å². The summed E-state index contributed by atoms with van der Waals surface area (Å²) in [5.41, 5.74) is 7.63. The zero-order valence-corrected chi connectivity index (χ0v) is 38.8. The maximum atomic E-state index is 12.6. The molecule has 2 heterocycles. The molecule has 0 saturated carbocycles. The summed E-state index contributed by atoms with van der Waals surface area (Å²) in [6.45, 7) is 9.23. The first-order chi connectivity index (χ1) is 30.6. The molecule has 64 heavy (non-hydrogen) atoms. The number of hydrogen-bond donors (Lipinski definition) is 1. The van der Waals surface area contributed by atoms with Crippen LogP contribution >= 0.6 is 0 Å². The third-order valence-electron chi connectivity index (χ3n) is 10.2. The summed E-state index contributed by atoms with van der Waals surface area (Å²) in [5, 5.41) is 10.8. The van der Waals surface area contributed by atoms with E-state index >= 15 is 0 Å². The van der Waals surface area contributed by atoms with Gasteiger partial charge in [-0.05, 0) is 63.9 Å². The minimum absolute atomic E-state index is 0.0127. The van der Waals surface area contributed by atoms with E-state index in [4.69, 9.17) is 24.7 Å². The number of unbranched alkanes of at least 4 members (excludes halogenated alkanes) is 2. The molecular weight excluding hydrogens is 865 g/mol. The van der Waals surface area contributed by atoms with Gasteiger partial charge in [0, 0.05) is 6.07 Å². The van der Waals surface area contributed by atoms with Gasteiger partial charge in [-0.1, -0.05) is 127 Å². The van der Waals surface area contributed by atoms with Gasteiger partial charge in [-0.3, -0.25) is 9.59 Å². The predicted octanol–water partition coefficient (Wildman–Crippen LogP) is 8.66. The van der Waals surface area contributed by atoms with Gasteiger partial charge in [0.2, 0.25) is 15.6 Å². The summed E-state index contributed by atoms with van der Waals surface area (Å²) in [6, 6.07) is 23.7. The maximum Gasteiger partial charge on any atom is 0.407 e. The van der Waals surface area contributed by atoms with Crippen LogP contribution in [-0.2, 0) is 52.0 Å². The van der Waals surface area contributed by atoms with E-state index in [2.05, 4.69) is 30.7 Å². The molecule has 16 nitrogen and oxygen atoms in total. The van der Waals surface area contributed by atoms with Gasteiger partial charge < -0.3 is 34.8 Å². The van der Waals surface area contributed by atoms with E-state index in [1.807, 2.05) is 43.3 Å². The second kappa shape index (κ2) is 27.5. The van der Waals surface area contributed by atoms with Gasteiger partial charge in [0.1, 0.15) is 13.2 Å². The van der Waals surface area contributed by atoms with Crippen molar-refractivity contribution >= 4 is 43.2 Å². The van der Waals surface area contributed by atoms with Gasteiger partial charge in [0.25, 0.3) is 5.03 Å². The van der Waals surface area contributed by atoms with Crippen LogP contribution in [0.3, 0.4) is 0 Å². The van der Waals surface area contributed by atoms with Crippen molar-refractivity contribution in [3.05, 3.63) is 106 Å². The number of hydrogen-bond acceptors (Lipinski definition) is 15. The van der Waals surface area contributed by atoms with E-state index in [9.17, 15) is 36.5 Å². The number of benzene rings is 2. The summed E-state index contributed by atoms with van der Waals surface area (Å²) >= 11 is 0. The van der Waals surface area contributed by atoms with Crippen LogP contribution in [0.5, 0.6) is 11.5 Å². The monoisotopic (exact) mass is 926 g/mol. The number of esters is 2. The van der Waals surface area contributed by atoms with Crippen LogP contribution in [0.1, 0.15) is 103 Å². The first-order valence-corrected chi connectivity index (χ1v) is 24.9. The van der Waals surface area contributed by atoms with Crippen LogP contribution in [0.25, 0.3) is 0 Å². The highest BCUT2D eigenvalue weighted by Gasteiger charge is 2.28. The average molecular weight is 927 g/mol. The average Bonchev–Trinajstić information content (AvgIpc) is 3.30. The van der Waals surface area contributed by atoms with Crippen LogP contribution < -0.4 is 15.2 Å². The van der Waals surface area contributed by atoms with Gasteiger partial charge in [0.05, 0.1) is 37.6 Å². The smallest absolute Gasteiger partial charge is 0.407 e. The number of nitrogen functional groups attached to an aromatic ring is 1. The van der Waals surface area contributed by atoms with Gasteiger partial charge in [-0.25, -0.2) is 21.8 Å². The SMILES string of the molecule is CCCCC(CC)COC(=O)CCS(=O)(=O)c1ccc(OCc2ccccc2)c(N)n1.CCCCC(CC)COC(=O)CCS(=O)(=O)c1ccc(OCc2ccccc2)c([N+](=O)[O-])n1. The van der Waals surface area contributed by atoms with Crippen molar-refractivity contribution in [1.82, 2.24) is 9.97 Å². The molecule has 0 fully saturated rings. The van der Waals surface area contributed by atoms with Gasteiger partial charge >= 0.3 is 17.8 Å². The van der Waals surface area contributed by atoms with Crippen LogP contribution in [-0.4, -0.2) is 68.4 Å². The van der Waals surface area contributed by atoms with E-state index in [1.165, 1.54) is 18.2 Å². The van der Waals surface area contributed by atoms with E-state index in [1.54, 1.807) is 24.3 Å². The molecule has 0 saturated heterocycles. The lowest BCUT2D eigenvalue weighted by atomic mass is 10.0. The Balaban J connectivity index is 0.000000341. The third kappa shape index (κ3) is 18.6. The van der Waals surface area contributed by atoms with Crippen molar-refractivity contribution in [1.29, 1.82) is 0 Å². The maximum absolute atomic E-state index is 12.6. The van der Waals surface area contributed by atoms with Crippen molar-refractivity contribution in [2.24, 2.45) is 11.8 Å². The summed E-state index contributed by atoms with van der Waals surface area (Å²) in [5.74, 6) is -2.05. The number of nitro groups is 1. The molecule has 2 N–H and O–H groups in total. The number of nitrogens with zero attached hydrogens (tertiary/aromatic N) is 3. The lowest BCUT2D eigenvalue weighted by Gasteiger charge is -2.14. The molecule has 2 aromatic heterocycles. The van der Waals surface area contributed by atoms with E-state index < -0.39 is 53.1 Å². The summed E-state index contributed by atoms with van der Waals surface area (Å²) in [4.78, 5) is 42.3. The second-order valence-electron chi connectivity index (χ2n) is 15.1. The van der Waals surface area contributed by atoms with Crippen molar-refractivity contribution in [3.8, 4) is 11.5 Å². The van der Waals surface area contributed by atoms with Crippen molar-refractivity contribution in [2.75, 3.05) is 30.5 Å². The summed E-state index contributed by atoms with van der Waals surface area (Å²) < 4.78 is 71.9. The Bertz CT molecular complexity index is 2280. The number of rotatable bonds is 27. The molecule has 350 valence electrons. The molecule has 2 aromatic carbocycles. The lowest BCUT2D eigenvalue weighted by Crippen LogP contribution is -2.18. The zero-order valence-electron chi connectivity index (χ0n) is 37.2. The number of carbonyl (C=O) groups is 2. The Morgan fingerprint density at radius 3 is 1.47 bits per heavy atom. The molecule has 0 radical (unpaired) electrons. The number of ether oxygens (including phenoxy) is 4. The number of pyridine rings is 2. The fourth-order valence-electron chi connectivity index (χ4n) is 6.05. The Morgan fingerprint density at radius 2 is 1.06 bits per heavy atom. The first-order valence-electron chi connectivity index (χ1n) is 21.6. The number of anilines is 1. The Hall–Kier alpha value is -5.62. The molecule has 0 bridgehead atoms.